The summed E-state index contributed by atoms with van der Waals surface area (Å²) in [6.45, 7) is 2.05. The highest BCUT2D eigenvalue weighted by atomic mass is 32.1. The molecule has 0 bridgehead atoms. The Labute approximate surface area is 174 Å². The van der Waals surface area contributed by atoms with Crippen LogP contribution in [-0.2, 0) is 6.42 Å². The summed E-state index contributed by atoms with van der Waals surface area (Å²) in [6.07, 6.45) is 8.21. The number of aromatic nitrogens is 1. The Kier molecular flexibility index (Phi) is 6.92. The molecule has 1 heterocycles. The van der Waals surface area contributed by atoms with E-state index in [2.05, 4.69) is 16.9 Å². The van der Waals surface area contributed by atoms with Crippen molar-refractivity contribution < 1.29 is 14.6 Å². The minimum absolute atomic E-state index is 0.101. The lowest BCUT2D eigenvalue weighted by atomic mass is 10.00. The van der Waals surface area contributed by atoms with Crippen molar-refractivity contribution in [2.45, 2.75) is 19.8 Å². The van der Waals surface area contributed by atoms with E-state index >= 15 is 0 Å². The predicted octanol–water partition coefficient (Wildman–Crippen LogP) is 5.46. The minimum atomic E-state index is -0.101. The van der Waals surface area contributed by atoms with Crippen molar-refractivity contribution in [1.82, 2.24) is 4.98 Å². The number of hydrogen-bond donors (Lipinski definition) is 1. The highest BCUT2D eigenvalue weighted by molar-refractivity contribution is 7.13. The van der Waals surface area contributed by atoms with Crippen molar-refractivity contribution in [2.75, 3.05) is 7.11 Å². The molecule has 0 radical (unpaired) electrons. The second-order valence-electron chi connectivity index (χ2n) is 6.37. The van der Waals surface area contributed by atoms with Gasteiger partial charge in [0.05, 0.1) is 7.11 Å². The molecule has 0 aliphatic heterocycles. The summed E-state index contributed by atoms with van der Waals surface area (Å²) in [5.41, 5.74) is 2.84. The number of rotatable bonds is 8. The van der Waals surface area contributed by atoms with Crippen LogP contribution in [0.1, 0.15) is 40.4 Å². The first kappa shape index (κ1) is 20.5. The topological polar surface area (TPSA) is 71.8 Å². The van der Waals surface area contributed by atoms with Crippen molar-refractivity contribution in [3.8, 4) is 11.5 Å². The van der Waals surface area contributed by atoms with E-state index in [0.29, 0.717) is 22.0 Å². The third-order valence-electron chi connectivity index (χ3n) is 4.30. The Morgan fingerprint density at radius 1 is 1.28 bits per heavy atom. The summed E-state index contributed by atoms with van der Waals surface area (Å²) >= 11 is 1.42. The van der Waals surface area contributed by atoms with Crippen LogP contribution in [0.25, 0.3) is 6.08 Å². The summed E-state index contributed by atoms with van der Waals surface area (Å²) < 4.78 is 5.12. The molecule has 0 spiro atoms. The number of thiazole rings is 1. The first-order valence-electron chi connectivity index (χ1n) is 9.26. The summed E-state index contributed by atoms with van der Waals surface area (Å²) in [4.78, 5) is 20.9. The van der Waals surface area contributed by atoms with Crippen LogP contribution in [0.3, 0.4) is 0 Å². The summed E-state index contributed by atoms with van der Waals surface area (Å²) in [5, 5.41) is 13.0. The highest BCUT2D eigenvalue weighted by Crippen LogP contribution is 2.27. The zero-order valence-corrected chi connectivity index (χ0v) is 17.1. The average molecular weight is 407 g/mol. The van der Waals surface area contributed by atoms with Crippen molar-refractivity contribution >= 4 is 34.5 Å². The molecule has 0 aliphatic rings. The number of nitrogens with zero attached hydrogens (tertiary/aromatic N) is 2. The molecule has 0 saturated heterocycles. The molecule has 1 N–H and O–H groups in total. The normalized spacial score (nSPS) is 11.4. The van der Waals surface area contributed by atoms with Gasteiger partial charge in [-0.25, -0.2) is 9.98 Å². The maximum atomic E-state index is 12.5. The largest absolute Gasteiger partial charge is 0.507 e. The Morgan fingerprint density at radius 3 is 2.72 bits per heavy atom. The zero-order valence-electron chi connectivity index (χ0n) is 16.3. The Morgan fingerprint density at radius 2 is 2.07 bits per heavy atom. The number of ketones is 1. The molecule has 0 atom stereocenters. The first-order valence-corrected chi connectivity index (χ1v) is 10.1. The lowest BCUT2D eigenvalue weighted by Crippen LogP contribution is -1.95. The molecule has 0 unspecified atom stereocenters. The third kappa shape index (κ3) is 5.39. The van der Waals surface area contributed by atoms with Gasteiger partial charge >= 0.3 is 0 Å². The number of aliphatic imine (C=N–C) groups is 1. The van der Waals surface area contributed by atoms with Gasteiger partial charge in [-0.15, -0.1) is 11.3 Å². The van der Waals surface area contributed by atoms with Gasteiger partial charge in [-0.05, 0) is 60.0 Å². The third-order valence-corrected chi connectivity index (χ3v) is 4.97. The van der Waals surface area contributed by atoms with Gasteiger partial charge in [-0.3, -0.25) is 4.79 Å². The summed E-state index contributed by atoms with van der Waals surface area (Å²) in [5.74, 6) is 0.819. The van der Waals surface area contributed by atoms with Crippen molar-refractivity contribution in [3.63, 3.8) is 0 Å². The fourth-order valence-corrected chi connectivity index (χ4v) is 3.31. The molecule has 0 saturated carbocycles. The number of benzene rings is 2. The molecule has 3 aromatic rings. The quantitative estimate of drug-likeness (QED) is 0.306. The monoisotopic (exact) mass is 406 g/mol. The number of methoxy groups -OCH3 is 1. The molecule has 29 heavy (non-hydrogen) atoms. The van der Waals surface area contributed by atoms with Gasteiger partial charge in [-0.2, -0.15) is 0 Å². The van der Waals surface area contributed by atoms with Crippen LogP contribution >= 0.6 is 11.3 Å². The number of aryl methyl sites for hydroxylation is 1. The zero-order chi connectivity index (χ0) is 20.6. The standard InChI is InChI=1S/C23H22N2O3S/c1-3-4-18-13-16(5-10-21(26)17-6-8-20(28-2)9-7-17)14-19(22(18)27)15-25-23-24-11-12-29-23/h5-15,27H,3-4H2,1-2H3/b10-5+,25-15?. The number of hydrogen-bond acceptors (Lipinski definition) is 6. The molecule has 2 aromatic carbocycles. The van der Waals surface area contributed by atoms with E-state index in [1.54, 1.807) is 49.9 Å². The number of ether oxygens (including phenoxy) is 1. The van der Waals surface area contributed by atoms with Crippen LogP contribution in [0, 0.1) is 0 Å². The fraction of sp³-hybridized carbons (Fsp3) is 0.174. The molecule has 148 valence electrons. The van der Waals surface area contributed by atoms with Gasteiger partial charge in [-0.1, -0.05) is 19.4 Å². The smallest absolute Gasteiger partial charge is 0.209 e. The lowest BCUT2D eigenvalue weighted by Gasteiger charge is -2.08. The Balaban J connectivity index is 1.86. The SMILES string of the molecule is CCCc1cc(/C=C/C(=O)c2ccc(OC)cc2)cc(C=Nc2nccs2)c1O. The van der Waals surface area contributed by atoms with Gasteiger partial charge < -0.3 is 9.84 Å². The number of phenolic OH excluding ortho intramolecular Hbond substituents is 1. The Bertz CT molecular complexity index is 1020. The predicted molar refractivity (Wildman–Crippen MR) is 118 cm³/mol. The minimum Gasteiger partial charge on any atom is -0.507 e. The molecule has 0 amide bonds. The first-order chi connectivity index (χ1) is 14.1. The maximum Gasteiger partial charge on any atom is 0.209 e. The van der Waals surface area contributed by atoms with E-state index in [-0.39, 0.29) is 11.5 Å². The molecule has 3 rings (SSSR count). The molecular weight excluding hydrogens is 384 g/mol. The molecule has 6 heteroatoms. The summed E-state index contributed by atoms with van der Waals surface area (Å²) in [6, 6.07) is 10.7. The fourth-order valence-electron chi connectivity index (χ4n) is 2.83. The second-order valence-corrected chi connectivity index (χ2v) is 7.24. The van der Waals surface area contributed by atoms with Crippen LogP contribution in [0.4, 0.5) is 5.13 Å². The van der Waals surface area contributed by atoms with E-state index in [9.17, 15) is 9.90 Å². The van der Waals surface area contributed by atoms with Crippen LogP contribution in [-0.4, -0.2) is 29.2 Å². The van der Waals surface area contributed by atoms with Gasteiger partial charge in [0.2, 0.25) is 5.13 Å². The van der Waals surface area contributed by atoms with E-state index in [1.165, 1.54) is 17.4 Å². The van der Waals surface area contributed by atoms with Gasteiger partial charge in [0.15, 0.2) is 5.78 Å². The van der Waals surface area contributed by atoms with E-state index in [1.807, 2.05) is 17.5 Å². The van der Waals surface area contributed by atoms with Crippen LogP contribution < -0.4 is 4.74 Å². The number of carbonyl (C=O) groups excluding carboxylic acids is 1. The van der Waals surface area contributed by atoms with E-state index in [4.69, 9.17) is 4.74 Å². The van der Waals surface area contributed by atoms with E-state index < -0.39 is 0 Å². The lowest BCUT2D eigenvalue weighted by molar-refractivity contribution is 0.104. The molecule has 0 aliphatic carbocycles. The average Bonchev–Trinajstić information content (AvgIpc) is 3.27. The van der Waals surface area contributed by atoms with Crippen LogP contribution in [0.2, 0.25) is 0 Å². The molecule has 5 nitrogen and oxygen atoms in total. The number of aromatic hydroxyl groups is 1. The summed E-state index contributed by atoms with van der Waals surface area (Å²) in [7, 11) is 1.59. The second kappa shape index (κ2) is 9.80. The highest BCUT2D eigenvalue weighted by Gasteiger charge is 2.09. The molecular formula is C23H22N2O3S. The number of phenols is 1. The van der Waals surface area contributed by atoms with Crippen LogP contribution in [0.15, 0.2) is 59.0 Å². The number of allylic oxidation sites excluding steroid dienone is 1. The molecule has 0 fully saturated rings. The maximum absolute atomic E-state index is 12.5. The van der Waals surface area contributed by atoms with Crippen molar-refractivity contribution in [1.29, 1.82) is 0 Å². The Hall–Kier alpha value is -3.25. The number of carbonyl (C=O) groups is 1. The van der Waals surface area contributed by atoms with Gasteiger partial charge in [0.25, 0.3) is 0 Å². The van der Waals surface area contributed by atoms with Crippen LogP contribution in [0.5, 0.6) is 11.5 Å². The van der Waals surface area contributed by atoms with Gasteiger partial charge in [0, 0.05) is 28.9 Å². The van der Waals surface area contributed by atoms with E-state index in [0.717, 1.165) is 24.0 Å². The van der Waals surface area contributed by atoms with Gasteiger partial charge in [0.1, 0.15) is 11.5 Å². The molecule has 1 aromatic heterocycles. The van der Waals surface area contributed by atoms with Crippen molar-refractivity contribution in [3.05, 3.63) is 76.3 Å². The van der Waals surface area contributed by atoms with Crippen molar-refractivity contribution in [2.24, 2.45) is 4.99 Å².